The second-order valence-corrected chi connectivity index (χ2v) is 7.86. The van der Waals surface area contributed by atoms with E-state index in [4.69, 9.17) is 4.74 Å². The number of carbonyl (C=O) groups excluding carboxylic acids is 1. The summed E-state index contributed by atoms with van der Waals surface area (Å²) in [6.07, 6.45) is 1.70. The molecule has 29 heavy (non-hydrogen) atoms. The van der Waals surface area contributed by atoms with Gasteiger partial charge in [-0.15, -0.1) is 11.3 Å². The van der Waals surface area contributed by atoms with Crippen molar-refractivity contribution in [2.45, 2.75) is 6.61 Å². The lowest BCUT2D eigenvalue weighted by atomic mass is 10.1. The highest BCUT2D eigenvalue weighted by atomic mass is 32.1. The third-order valence-electron chi connectivity index (χ3n) is 4.90. The van der Waals surface area contributed by atoms with E-state index < -0.39 is 0 Å². The monoisotopic (exact) mass is 411 g/mol. The maximum atomic E-state index is 13.7. The summed E-state index contributed by atoms with van der Waals surface area (Å²) in [7, 11) is 0. The molecule has 1 saturated heterocycles. The molecule has 0 unspecified atom stereocenters. The van der Waals surface area contributed by atoms with E-state index in [1.54, 1.807) is 28.5 Å². The molecule has 4 heterocycles. The number of carbonyl (C=O) groups is 1. The molecule has 1 fully saturated rings. The molecule has 2 aliphatic rings. The molecule has 0 saturated carbocycles. The number of thiophene rings is 1. The minimum Gasteiger partial charge on any atom is -0.488 e. The number of hydrogen-bond donors (Lipinski definition) is 2. The van der Waals surface area contributed by atoms with Gasteiger partial charge in [0.15, 0.2) is 0 Å². The van der Waals surface area contributed by atoms with Crippen LogP contribution in [-0.4, -0.2) is 47.1 Å². The summed E-state index contributed by atoms with van der Waals surface area (Å²) in [6, 6.07) is 8.43. The zero-order valence-electron chi connectivity index (χ0n) is 15.4. The number of nitrogens with one attached hydrogen (secondary N) is 2. The van der Waals surface area contributed by atoms with Gasteiger partial charge in [-0.05, 0) is 30.3 Å². The number of hydrogen-bond acceptors (Lipinski definition) is 6. The smallest absolute Gasteiger partial charge is 0.317 e. The van der Waals surface area contributed by atoms with E-state index in [0.717, 1.165) is 26.6 Å². The molecule has 2 aliphatic heterocycles. The van der Waals surface area contributed by atoms with Crippen molar-refractivity contribution in [2.75, 3.05) is 31.5 Å². The quantitative estimate of drug-likeness (QED) is 0.673. The van der Waals surface area contributed by atoms with Crippen LogP contribution in [0, 0.1) is 5.82 Å². The Morgan fingerprint density at radius 3 is 3.10 bits per heavy atom. The van der Waals surface area contributed by atoms with Crippen LogP contribution in [0.2, 0.25) is 0 Å². The van der Waals surface area contributed by atoms with Crippen LogP contribution in [0.1, 0.15) is 5.56 Å². The number of aromatic nitrogens is 2. The normalized spacial score (nSPS) is 14.8. The zero-order chi connectivity index (χ0) is 19.8. The van der Waals surface area contributed by atoms with Crippen molar-refractivity contribution in [3.8, 4) is 26.8 Å². The second kappa shape index (κ2) is 7.32. The first-order chi connectivity index (χ1) is 14.2. The van der Waals surface area contributed by atoms with Gasteiger partial charge in [0.2, 0.25) is 5.95 Å². The number of rotatable bonds is 5. The number of benzene rings is 1. The first-order valence-corrected chi connectivity index (χ1v) is 10.1. The van der Waals surface area contributed by atoms with E-state index >= 15 is 0 Å². The fourth-order valence-electron chi connectivity index (χ4n) is 3.46. The standard InChI is InChI=1S/C20H18FN5O2S/c21-13-1-2-16-14(10-13)18-12(11-28-16)9-17(29-18)15-3-4-22-19(25-15)23-5-7-26-8-6-24-20(26)27/h1-4,9-10H,5-8,11H2,(H,24,27)(H,22,23,25). The molecule has 7 nitrogen and oxygen atoms in total. The maximum absolute atomic E-state index is 13.7. The summed E-state index contributed by atoms with van der Waals surface area (Å²) in [4.78, 5) is 24.2. The Balaban J connectivity index is 1.34. The number of urea groups is 1. The van der Waals surface area contributed by atoms with Crippen LogP contribution in [-0.2, 0) is 6.61 Å². The number of amides is 2. The SMILES string of the molecule is O=C1NCCN1CCNc1nccc(-c2cc3c(s2)-c2cc(F)ccc2OC3)n1. The second-order valence-electron chi connectivity index (χ2n) is 6.81. The van der Waals surface area contributed by atoms with Crippen molar-refractivity contribution in [3.63, 3.8) is 0 Å². The Morgan fingerprint density at radius 1 is 1.31 bits per heavy atom. The first kappa shape index (κ1) is 17.9. The third kappa shape index (κ3) is 3.49. The number of halogens is 1. The molecule has 2 aromatic heterocycles. The molecule has 1 aromatic carbocycles. The van der Waals surface area contributed by atoms with E-state index in [-0.39, 0.29) is 11.8 Å². The van der Waals surface area contributed by atoms with Gasteiger partial charge >= 0.3 is 6.03 Å². The van der Waals surface area contributed by atoms with Gasteiger partial charge in [-0.25, -0.2) is 19.2 Å². The van der Waals surface area contributed by atoms with Crippen LogP contribution in [0.4, 0.5) is 15.1 Å². The number of anilines is 1. The fraction of sp³-hybridized carbons (Fsp3) is 0.250. The molecule has 0 atom stereocenters. The van der Waals surface area contributed by atoms with Crippen LogP contribution in [0.5, 0.6) is 5.75 Å². The van der Waals surface area contributed by atoms with E-state index in [9.17, 15) is 9.18 Å². The molecule has 0 spiro atoms. The minimum absolute atomic E-state index is 0.0374. The largest absolute Gasteiger partial charge is 0.488 e. The van der Waals surface area contributed by atoms with E-state index in [1.165, 1.54) is 12.1 Å². The molecule has 5 rings (SSSR count). The van der Waals surface area contributed by atoms with Gasteiger partial charge in [0.1, 0.15) is 18.2 Å². The van der Waals surface area contributed by atoms with Crippen LogP contribution in [0.3, 0.4) is 0 Å². The summed E-state index contributed by atoms with van der Waals surface area (Å²) < 4.78 is 19.5. The molecular weight excluding hydrogens is 393 g/mol. The molecule has 0 bridgehead atoms. The summed E-state index contributed by atoms with van der Waals surface area (Å²) in [5, 5.41) is 5.95. The highest BCUT2D eigenvalue weighted by Crippen LogP contribution is 2.45. The minimum atomic E-state index is -0.282. The van der Waals surface area contributed by atoms with Crippen LogP contribution in [0.15, 0.2) is 36.5 Å². The van der Waals surface area contributed by atoms with Crippen LogP contribution < -0.4 is 15.4 Å². The molecule has 2 N–H and O–H groups in total. The van der Waals surface area contributed by atoms with Gasteiger partial charge in [0, 0.05) is 48.4 Å². The number of nitrogens with zero attached hydrogens (tertiary/aromatic N) is 3. The van der Waals surface area contributed by atoms with Crippen molar-refractivity contribution in [1.29, 1.82) is 0 Å². The van der Waals surface area contributed by atoms with Crippen molar-refractivity contribution in [2.24, 2.45) is 0 Å². The Bertz CT molecular complexity index is 1090. The highest BCUT2D eigenvalue weighted by molar-refractivity contribution is 7.19. The Kier molecular flexibility index (Phi) is 4.51. The maximum Gasteiger partial charge on any atom is 0.317 e. The molecule has 148 valence electrons. The number of ether oxygens (including phenoxy) is 1. The molecule has 2 amide bonds. The number of fused-ring (bicyclic) bond motifs is 3. The lowest BCUT2D eigenvalue weighted by molar-refractivity contribution is 0.219. The third-order valence-corrected chi connectivity index (χ3v) is 6.13. The van der Waals surface area contributed by atoms with Gasteiger partial charge in [-0.2, -0.15) is 0 Å². The summed E-state index contributed by atoms with van der Waals surface area (Å²) >= 11 is 1.57. The average molecular weight is 411 g/mol. The van der Waals surface area contributed by atoms with E-state index in [2.05, 4.69) is 20.6 Å². The van der Waals surface area contributed by atoms with Crippen molar-refractivity contribution in [1.82, 2.24) is 20.2 Å². The molecule has 3 aromatic rings. The van der Waals surface area contributed by atoms with Crippen LogP contribution in [0.25, 0.3) is 21.0 Å². The van der Waals surface area contributed by atoms with Crippen LogP contribution >= 0.6 is 11.3 Å². The molecule has 9 heteroatoms. The average Bonchev–Trinajstić information content (AvgIpc) is 3.35. The Labute approximate surface area is 170 Å². The predicted octanol–water partition coefficient (Wildman–Crippen LogP) is 3.34. The van der Waals surface area contributed by atoms with Gasteiger partial charge in [-0.3, -0.25) is 0 Å². The zero-order valence-corrected chi connectivity index (χ0v) is 16.3. The van der Waals surface area contributed by atoms with Gasteiger partial charge < -0.3 is 20.3 Å². The van der Waals surface area contributed by atoms with Crippen molar-refractivity contribution < 1.29 is 13.9 Å². The van der Waals surface area contributed by atoms with Gasteiger partial charge in [0.25, 0.3) is 0 Å². The highest BCUT2D eigenvalue weighted by Gasteiger charge is 2.22. The van der Waals surface area contributed by atoms with Gasteiger partial charge in [0.05, 0.1) is 10.6 Å². The molecular formula is C20H18FN5O2S. The van der Waals surface area contributed by atoms with E-state index in [1.807, 2.05) is 12.1 Å². The molecule has 0 aliphatic carbocycles. The van der Waals surface area contributed by atoms with Crippen molar-refractivity contribution >= 4 is 23.3 Å². The van der Waals surface area contributed by atoms with E-state index in [0.29, 0.717) is 44.5 Å². The predicted molar refractivity (Wildman–Crippen MR) is 109 cm³/mol. The lowest BCUT2D eigenvalue weighted by Gasteiger charge is -2.17. The topological polar surface area (TPSA) is 79.4 Å². The Morgan fingerprint density at radius 2 is 2.24 bits per heavy atom. The fourth-order valence-corrected chi connectivity index (χ4v) is 4.62. The summed E-state index contributed by atoms with van der Waals surface area (Å²) in [6.45, 7) is 3.01. The van der Waals surface area contributed by atoms with Crippen molar-refractivity contribution in [3.05, 3.63) is 47.9 Å². The lowest BCUT2D eigenvalue weighted by Crippen LogP contribution is -2.32. The van der Waals surface area contributed by atoms with Gasteiger partial charge in [-0.1, -0.05) is 0 Å². The molecule has 0 radical (unpaired) electrons. The summed E-state index contributed by atoms with van der Waals surface area (Å²) in [5.41, 5.74) is 2.59. The Hall–Kier alpha value is -3.20. The first-order valence-electron chi connectivity index (χ1n) is 9.33. The summed E-state index contributed by atoms with van der Waals surface area (Å²) in [5.74, 6) is 0.926.